The Hall–Kier alpha value is -2.57. The molecule has 1 amide bonds. The quantitative estimate of drug-likeness (QED) is 0.324. The van der Waals surface area contributed by atoms with E-state index in [4.69, 9.17) is 5.11 Å². The first-order valence-corrected chi connectivity index (χ1v) is 8.59. The molecule has 3 N–H and O–H groups in total. The first-order chi connectivity index (χ1) is 12.0. The number of nitrogens with zero attached hydrogens (tertiary/aromatic N) is 2. The lowest BCUT2D eigenvalue weighted by molar-refractivity contribution is -0.137. The number of nitrogens with one attached hydrogen (secondary N) is 1. The second-order valence-electron chi connectivity index (χ2n) is 5.66. The minimum absolute atomic E-state index is 0.107. The van der Waals surface area contributed by atoms with Crippen LogP contribution in [0.1, 0.15) is 51.5 Å². The van der Waals surface area contributed by atoms with Crippen LogP contribution in [-0.4, -0.2) is 41.4 Å². The molecule has 1 rings (SSSR count). The molecule has 1 aromatic rings. The molecule has 25 heavy (non-hydrogen) atoms. The number of unbranched alkanes of at least 4 members (excludes halogenated alkanes) is 2. The average Bonchev–Trinajstić information content (AvgIpc) is 2.57. The van der Waals surface area contributed by atoms with Crippen LogP contribution in [0.5, 0.6) is 5.75 Å². The molecule has 0 saturated carbocycles. The lowest BCUT2D eigenvalue weighted by atomic mass is 10.1. The number of anilines is 1. The molecule has 0 bridgehead atoms. The molecule has 0 aliphatic heterocycles. The minimum Gasteiger partial charge on any atom is -0.507 e. The van der Waals surface area contributed by atoms with Gasteiger partial charge in [0.25, 0.3) is 0 Å². The predicted molar refractivity (Wildman–Crippen MR) is 98.1 cm³/mol. The summed E-state index contributed by atoms with van der Waals surface area (Å²) >= 11 is 0. The van der Waals surface area contributed by atoms with Crippen LogP contribution < -0.4 is 10.3 Å². The van der Waals surface area contributed by atoms with Crippen molar-refractivity contribution in [3.63, 3.8) is 0 Å². The summed E-state index contributed by atoms with van der Waals surface area (Å²) < 4.78 is 0. The molecule has 0 aliphatic carbocycles. The van der Waals surface area contributed by atoms with Crippen LogP contribution in [-0.2, 0) is 9.59 Å². The van der Waals surface area contributed by atoms with E-state index in [1.54, 1.807) is 12.1 Å². The topological polar surface area (TPSA) is 102 Å². The van der Waals surface area contributed by atoms with Crippen molar-refractivity contribution >= 4 is 23.8 Å². The Morgan fingerprint density at radius 2 is 1.84 bits per heavy atom. The Morgan fingerprint density at radius 3 is 2.44 bits per heavy atom. The van der Waals surface area contributed by atoms with Crippen molar-refractivity contribution in [1.29, 1.82) is 0 Å². The van der Waals surface area contributed by atoms with E-state index in [2.05, 4.69) is 15.4 Å². The van der Waals surface area contributed by atoms with E-state index in [0.717, 1.165) is 18.8 Å². The maximum atomic E-state index is 11.6. The van der Waals surface area contributed by atoms with Crippen molar-refractivity contribution in [2.45, 2.75) is 46.0 Å². The molecule has 0 heterocycles. The van der Waals surface area contributed by atoms with Gasteiger partial charge in [-0.15, -0.1) is 0 Å². The van der Waals surface area contributed by atoms with Crippen molar-refractivity contribution < 1.29 is 19.8 Å². The fourth-order valence-electron chi connectivity index (χ4n) is 2.39. The summed E-state index contributed by atoms with van der Waals surface area (Å²) in [6.07, 6.45) is 3.71. The summed E-state index contributed by atoms with van der Waals surface area (Å²) in [5, 5.41) is 22.4. The highest BCUT2D eigenvalue weighted by Crippen LogP contribution is 2.23. The zero-order chi connectivity index (χ0) is 18.7. The van der Waals surface area contributed by atoms with Crippen LogP contribution in [0.3, 0.4) is 0 Å². The third-order valence-electron chi connectivity index (χ3n) is 3.83. The number of rotatable bonds is 11. The van der Waals surface area contributed by atoms with Crippen LogP contribution in [0.4, 0.5) is 5.69 Å². The zero-order valence-electron chi connectivity index (χ0n) is 14.9. The number of aliphatic carboxylic acids is 1. The Kier molecular flexibility index (Phi) is 9.06. The van der Waals surface area contributed by atoms with Crippen molar-refractivity contribution in [3.8, 4) is 5.75 Å². The Morgan fingerprint density at radius 1 is 1.16 bits per heavy atom. The van der Waals surface area contributed by atoms with Gasteiger partial charge in [-0.2, -0.15) is 5.10 Å². The maximum absolute atomic E-state index is 11.6. The number of benzene rings is 1. The highest BCUT2D eigenvalue weighted by atomic mass is 16.4. The fourth-order valence-corrected chi connectivity index (χ4v) is 2.39. The first-order valence-electron chi connectivity index (χ1n) is 8.59. The molecule has 0 fully saturated rings. The molecule has 138 valence electrons. The molecule has 0 unspecified atom stereocenters. The molecule has 0 aromatic heterocycles. The number of phenolic OH excluding ortho intramolecular Hbond substituents is 1. The molecule has 0 saturated heterocycles. The van der Waals surface area contributed by atoms with Gasteiger partial charge in [-0.05, 0) is 38.8 Å². The summed E-state index contributed by atoms with van der Waals surface area (Å²) in [7, 11) is 0. The third kappa shape index (κ3) is 7.69. The lowest BCUT2D eigenvalue weighted by Crippen LogP contribution is -2.21. The normalized spacial score (nSPS) is 10.8. The SMILES string of the molecule is CCN(CC)c1ccc(/C=N/NC(=O)CCCCCC(=O)O)c(O)c1. The van der Waals surface area contributed by atoms with Crippen LogP contribution in [0.15, 0.2) is 23.3 Å². The second kappa shape index (κ2) is 11.1. The van der Waals surface area contributed by atoms with Gasteiger partial charge in [0, 0.05) is 43.2 Å². The van der Waals surface area contributed by atoms with Gasteiger partial charge in [0.05, 0.1) is 6.21 Å². The maximum Gasteiger partial charge on any atom is 0.303 e. The van der Waals surface area contributed by atoms with Crippen LogP contribution in [0.2, 0.25) is 0 Å². The lowest BCUT2D eigenvalue weighted by Gasteiger charge is -2.21. The van der Waals surface area contributed by atoms with E-state index >= 15 is 0 Å². The molecule has 0 atom stereocenters. The van der Waals surface area contributed by atoms with E-state index in [1.807, 2.05) is 19.9 Å². The summed E-state index contributed by atoms with van der Waals surface area (Å²) in [5.74, 6) is -0.942. The molecular weight excluding hydrogens is 322 g/mol. The van der Waals surface area contributed by atoms with Gasteiger partial charge < -0.3 is 15.1 Å². The number of carbonyl (C=O) groups is 2. The first kappa shape index (κ1) is 20.5. The van der Waals surface area contributed by atoms with Crippen LogP contribution in [0, 0.1) is 0 Å². The molecular formula is C18H27N3O4. The van der Waals surface area contributed by atoms with Gasteiger partial charge >= 0.3 is 5.97 Å². The van der Waals surface area contributed by atoms with Crippen molar-refractivity contribution in [1.82, 2.24) is 5.43 Å². The number of hydrogen-bond acceptors (Lipinski definition) is 5. The summed E-state index contributed by atoms with van der Waals surface area (Å²) in [5.41, 5.74) is 3.87. The molecule has 0 radical (unpaired) electrons. The Labute approximate surface area is 148 Å². The number of carboxylic acids is 1. The standard InChI is InChI=1S/C18H27N3O4/c1-3-21(4-2)15-11-10-14(16(22)12-15)13-19-20-17(23)8-6-5-7-9-18(24)25/h10-13,22H,3-9H2,1-2H3,(H,20,23)(H,24,25)/b19-13+. The molecule has 0 spiro atoms. The predicted octanol–water partition coefficient (Wildman–Crippen LogP) is 2.72. The van der Waals surface area contributed by atoms with Crippen molar-refractivity contribution in [3.05, 3.63) is 23.8 Å². The van der Waals surface area contributed by atoms with Gasteiger partial charge in [-0.1, -0.05) is 6.42 Å². The Bertz CT molecular complexity index is 598. The zero-order valence-corrected chi connectivity index (χ0v) is 14.9. The number of hydrogen-bond donors (Lipinski definition) is 3. The number of hydrazone groups is 1. The number of aromatic hydroxyl groups is 1. The van der Waals surface area contributed by atoms with Gasteiger partial charge in [0.1, 0.15) is 5.75 Å². The van der Waals surface area contributed by atoms with Gasteiger partial charge in [0.15, 0.2) is 0 Å². The average molecular weight is 349 g/mol. The summed E-state index contributed by atoms with van der Waals surface area (Å²) in [4.78, 5) is 24.1. The largest absolute Gasteiger partial charge is 0.507 e. The highest BCUT2D eigenvalue weighted by molar-refractivity contribution is 5.86. The van der Waals surface area contributed by atoms with Crippen molar-refractivity contribution in [2.24, 2.45) is 5.10 Å². The number of carboxylic acid groups (broad SMARTS) is 1. The second-order valence-corrected chi connectivity index (χ2v) is 5.66. The molecule has 7 nitrogen and oxygen atoms in total. The van der Waals surface area contributed by atoms with E-state index in [1.165, 1.54) is 6.21 Å². The van der Waals surface area contributed by atoms with E-state index < -0.39 is 5.97 Å². The molecule has 7 heteroatoms. The van der Waals surface area contributed by atoms with Gasteiger partial charge in [-0.25, -0.2) is 5.43 Å². The van der Waals surface area contributed by atoms with Crippen LogP contribution in [0.25, 0.3) is 0 Å². The van der Waals surface area contributed by atoms with E-state index in [9.17, 15) is 14.7 Å². The highest BCUT2D eigenvalue weighted by Gasteiger charge is 2.06. The minimum atomic E-state index is -0.819. The van der Waals surface area contributed by atoms with Gasteiger partial charge in [0.2, 0.25) is 5.91 Å². The fraction of sp³-hybridized carbons (Fsp3) is 0.500. The number of phenols is 1. The molecule has 1 aromatic carbocycles. The Balaban J connectivity index is 2.43. The van der Waals surface area contributed by atoms with Crippen molar-refractivity contribution in [2.75, 3.05) is 18.0 Å². The molecule has 0 aliphatic rings. The summed E-state index contributed by atoms with van der Waals surface area (Å²) in [6, 6.07) is 5.33. The van der Waals surface area contributed by atoms with Gasteiger partial charge in [-0.3, -0.25) is 9.59 Å². The van der Waals surface area contributed by atoms with Crippen LogP contribution >= 0.6 is 0 Å². The van der Waals surface area contributed by atoms with E-state index in [0.29, 0.717) is 31.2 Å². The third-order valence-corrected chi connectivity index (χ3v) is 3.83. The number of amides is 1. The smallest absolute Gasteiger partial charge is 0.303 e. The summed E-state index contributed by atoms with van der Waals surface area (Å²) in [6.45, 7) is 5.80. The van der Waals surface area contributed by atoms with E-state index in [-0.39, 0.29) is 18.1 Å². The number of carbonyl (C=O) groups excluding carboxylic acids is 1. The monoisotopic (exact) mass is 349 g/mol.